The summed E-state index contributed by atoms with van der Waals surface area (Å²) in [4.78, 5) is 11.2. The number of nitrogen functional groups attached to an aromatic ring is 1. The lowest BCUT2D eigenvalue weighted by atomic mass is 10.0. The molecule has 2 rings (SSSR count). The zero-order valence-electron chi connectivity index (χ0n) is 10.8. The SMILES string of the molecule is CC(C)C(NC1CCc2cc(N)ccc21)C(=O)O. The van der Waals surface area contributed by atoms with Crippen molar-refractivity contribution in [1.82, 2.24) is 5.32 Å². The van der Waals surface area contributed by atoms with E-state index in [0.717, 1.165) is 18.5 Å². The first-order valence-corrected chi connectivity index (χ1v) is 6.36. The summed E-state index contributed by atoms with van der Waals surface area (Å²) in [5, 5.41) is 12.5. The molecule has 0 bridgehead atoms. The van der Waals surface area contributed by atoms with Gasteiger partial charge in [0.15, 0.2) is 0 Å². The smallest absolute Gasteiger partial charge is 0.320 e. The van der Waals surface area contributed by atoms with Gasteiger partial charge in [-0.2, -0.15) is 0 Å². The van der Waals surface area contributed by atoms with Crippen LogP contribution in [-0.4, -0.2) is 17.1 Å². The minimum atomic E-state index is -0.783. The predicted octanol–water partition coefficient (Wildman–Crippen LogP) is 1.95. The third-order valence-electron chi connectivity index (χ3n) is 3.56. The Morgan fingerprint density at radius 2 is 2.22 bits per heavy atom. The number of aryl methyl sites for hydroxylation is 1. The molecule has 0 radical (unpaired) electrons. The Kier molecular flexibility index (Phi) is 3.57. The first-order chi connectivity index (χ1) is 8.49. The molecule has 0 fully saturated rings. The number of aliphatic carboxylic acids is 1. The van der Waals surface area contributed by atoms with Crippen LogP contribution in [0.3, 0.4) is 0 Å². The summed E-state index contributed by atoms with van der Waals surface area (Å²) in [5.74, 6) is -0.714. The lowest BCUT2D eigenvalue weighted by molar-refractivity contribution is -0.140. The van der Waals surface area contributed by atoms with Gasteiger partial charge in [0.1, 0.15) is 6.04 Å². The van der Waals surface area contributed by atoms with Gasteiger partial charge in [-0.1, -0.05) is 19.9 Å². The fourth-order valence-electron chi connectivity index (χ4n) is 2.58. The first kappa shape index (κ1) is 12.9. The van der Waals surface area contributed by atoms with E-state index in [4.69, 9.17) is 5.73 Å². The van der Waals surface area contributed by atoms with E-state index >= 15 is 0 Å². The summed E-state index contributed by atoms with van der Waals surface area (Å²) in [5.41, 5.74) is 8.96. The second-order valence-electron chi connectivity index (χ2n) is 5.28. The van der Waals surface area contributed by atoms with Crippen molar-refractivity contribution in [1.29, 1.82) is 0 Å². The molecule has 0 amide bonds. The summed E-state index contributed by atoms with van der Waals surface area (Å²) in [6, 6.07) is 5.50. The fourth-order valence-corrected chi connectivity index (χ4v) is 2.58. The second kappa shape index (κ2) is 4.98. The Balaban J connectivity index is 2.16. The minimum absolute atomic E-state index is 0.0698. The molecule has 98 valence electrons. The summed E-state index contributed by atoms with van der Waals surface area (Å²) < 4.78 is 0. The highest BCUT2D eigenvalue weighted by atomic mass is 16.4. The molecule has 1 aliphatic carbocycles. The molecule has 1 aromatic rings. The summed E-state index contributed by atoms with van der Waals surface area (Å²) in [7, 11) is 0. The zero-order valence-corrected chi connectivity index (χ0v) is 10.8. The van der Waals surface area contributed by atoms with Crippen molar-refractivity contribution in [2.24, 2.45) is 5.92 Å². The van der Waals surface area contributed by atoms with Gasteiger partial charge in [0.05, 0.1) is 0 Å². The maximum absolute atomic E-state index is 11.2. The van der Waals surface area contributed by atoms with Crippen LogP contribution < -0.4 is 11.1 Å². The van der Waals surface area contributed by atoms with Crippen molar-refractivity contribution in [3.63, 3.8) is 0 Å². The topological polar surface area (TPSA) is 75.3 Å². The van der Waals surface area contributed by atoms with Crippen molar-refractivity contribution in [3.8, 4) is 0 Å². The van der Waals surface area contributed by atoms with Gasteiger partial charge in [-0.25, -0.2) is 0 Å². The van der Waals surface area contributed by atoms with Crippen molar-refractivity contribution in [2.45, 2.75) is 38.8 Å². The first-order valence-electron chi connectivity index (χ1n) is 6.36. The number of rotatable bonds is 4. The molecule has 4 N–H and O–H groups in total. The summed E-state index contributed by atoms with van der Waals surface area (Å²) >= 11 is 0. The largest absolute Gasteiger partial charge is 0.480 e. The number of benzene rings is 1. The Morgan fingerprint density at radius 3 is 2.83 bits per heavy atom. The number of nitrogens with two attached hydrogens (primary N) is 1. The van der Waals surface area contributed by atoms with Gasteiger partial charge in [-0.3, -0.25) is 10.1 Å². The molecule has 1 aromatic carbocycles. The standard InChI is InChI=1S/C14H20N2O2/c1-8(2)13(14(17)18)16-12-6-3-9-7-10(15)4-5-11(9)12/h4-5,7-8,12-13,16H,3,6,15H2,1-2H3,(H,17,18). The third kappa shape index (κ3) is 2.48. The van der Waals surface area contributed by atoms with Gasteiger partial charge in [-0.15, -0.1) is 0 Å². The lowest BCUT2D eigenvalue weighted by Gasteiger charge is -2.23. The van der Waals surface area contributed by atoms with Crippen LogP contribution in [0.1, 0.15) is 37.4 Å². The average molecular weight is 248 g/mol. The Hall–Kier alpha value is -1.55. The fraction of sp³-hybridized carbons (Fsp3) is 0.500. The van der Waals surface area contributed by atoms with Gasteiger partial charge in [0.25, 0.3) is 0 Å². The second-order valence-corrected chi connectivity index (χ2v) is 5.28. The highest BCUT2D eigenvalue weighted by Crippen LogP contribution is 2.33. The molecule has 0 saturated heterocycles. The molecule has 0 saturated carbocycles. The van der Waals surface area contributed by atoms with Crippen LogP contribution in [0.15, 0.2) is 18.2 Å². The number of hydrogen-bond donors (Lipinski definition) is 3. The maximum atomic E-state index is 11.2. The van der Waals surface area contributed by atoms with Crippen LogP contribution in [-0.2, 0) is 11.2 Å². The molecule has 18 heavy (non-hydrogen) atoms. The molecule has 0 spiro atoms. The van der Waals surface area contributed by atoms with Crippen molar-refractivity contribution >= 4 is 11.7 Å². The van der Waals surface area contributed by atoms with E-state index in [0.29, 0.717) is 0 Å². The number of fused-ring (bicyclic) bond motifs is 1. The highest BCUT2D eigenvalue weighted by molar-refractivity contribution is 5.73. The number of carboxylic acids is 1. The highest BCUT2D eigenvalue weighted by Gasteiger charge is 2.29. The number of carbonyl (C=O) groups is 1. The molecule has 0 heterocycles. The van der Waals surface area contributed by atoms with Crippen molar-refractivity contribution < 1.29 is 9.90 Å². The van der Waals surface area contributed by atoms with Crippen LogP contribution in [0.4, 0.5) is 5.69 Å². The molecular formula is C14H20N2O2. The van der Waals surface area contributed by atoms with Crippen molar-refractivity contribution in [2.75, 3.05) is 5.73 Å². The van der Waals surface area contributed by atoms with E-state index in [-0.39, 0.29) is 12.0 Å². The molecule has 0 aromatic heterocycles. The Morgan fingerprint density at radius 1 is 1.50 bits per heavy atom. The van der Waals surface area contributed by atoms with E-state index in [1.54, 1.807) is 0 Å². The number of hydrogen-bond acceptors (Lipinski definition) is 3. The van der Waals surface area contributed by atoms with Crippen molar-refractivity contribution in [3.05, 3.63) is 29.3 Å². The maximum Gasteiger partial charge on any atom is 0.320 e. The van der Waals surface area contributed by atoms with E-state index < -0.39 is 12.0 Å². The van der Waals surface area contributed by atoms with E-state index in [9.17, 15) is 9.90 Å². The lowest BCUT2D eigenvalue weighted by Crippen LogP contribution is -2.42. The van der Waals surface area contributed by atoms with Crippen LogP contribution in [0.5, 0.6) is 0 Å². The number of carboxylic acid groups (broad SMARTS) is 1. The molecule has 4 heteroatoms. The molecule has 1 aliphatic rings. The summed E-state index contributed by atoms with van der Waals surface area (Å²) in [6.07, 6.45) is 1.90. The summed E-state index contributed by atoms with van der Waals surface area (Å²) in [6.45, 7) is 3.84. The molecule has 4 nitrogen and oxygen atoms in total. The van der Waals surface area contributed by atoms with Gasteiger partial charge in [0, 0.05) is 11.7 Å². The van der Waals surface area contributed by atoms with Crippen LogP contribution in [0.25, 0.3) is 0 Å². The zero-order chi connectivity index (χ0) is 13.3. The monoisotopic (exact) mass is 248 g/mol. The molecule has 2 unspecified atom stereocenters. The normalized spacial score (nSPS) is 19.8. The third-order valence-corrected chi connectivity index (χ3v) is 3.56. The Labute approximate surface area is 107 Å². The van der Waals surface area contributed by atoms with Crippen LogP contribution in [0, 0.1) is 5.92 Å². The predicted molar refractivity (Wildman–Crippen MR) is 71.3 cm³/mol. The van der Waals surface area contributed by atoms with Crippen LogP contribution >= 0.6 is 0 Å². The Bertz CT molecular complexity index is 457. The van der Waals surface area contributed by atoms with E-state index in [2.05, 4.69) is 5.32 Å². The number of anilines is 1. The number of nitrogens with one attached hydrogen (secondary N) is 1. The van der Waals surface area contributed by atoms with E-state index in [1.165, 1.54) is 11.1 Å². The van der Waals surface area contributed by atoms with Gasteiger partial charge in [0.2, 0.25) is 0 Å². The average Bonchev–Trinajstić information content (AvgIpc) is 2.67. The van der Waals surface area contributed by atoms with Gasteiger partial charge in [-0.05, 0) is 42.0 Å². The van der Waals surface area contributed by atoms with E-state index in [1.807, 2.05) is 32.0 Å². The molecular weight excluding hydrogens is 228 g/mol. The van der Waals surface area contributed by atoms with Gasteiger partial charge < -0.3 is 10.8 Å². The molecule has 2 atom stereocenters. The van der Waals surface area contributed by atoms with Crippen LogP contribution in [0.2, 0.25) is 0 Å². The van der Waals surface area contributed by atoms with Gasteiger partial charge >= 0.3 is 5.97 Å². The minimum Gasteiger partial charge on any atom is -0.480 e. The quantitative estimate of drug-likeness (QED) is 0.712. The molecule has 0 aliphatic heterocycles.